The second-order valence-electron chi connectivity index (χ2n) is 5.75. The summed E-state index contributed by atoms with van der Waals surface area (Å²) in [5.41, 5.74) is 1.04. The molecule has 3 rings (SSSR count). The molecule has 1 heterocycles. The van der Waals surface area contributed by atoms with Crippen LogP contribution in [-0.2, 0) is 6.42 Å². The van der Waals surface area contributed by atoms with Crippen LogP contribution >= 0.6 is 0 Å². The van der Waals surface area contributed by atoms with Gasteiger partial charge in [-0.3, -0.25) is 4.79 Å². The van der Waals surface area contributed by atoms with E-state index in [4.69, 9.17) is 4.42 Å². The maximum absolute atomic E-state index is 13.1. The number of carbonyl (C=O) groups is 1. The van der Waals surface area contributed by atoms with E-state index in [-0.39, 0.29) is 11.1 Å². The molecule has 0 saturated carbocycles. The summed E-state index contributed by atoms with van der Waals surface area (Å²) in [6.45, 7) is 1.98. The summed E-state index contributed by atoms with van der Waals surface area (Å²) < 4.78 is 18.5. The number of rotatable bonds is 5. The number of aryl methyl sites for hydroxylation is 1. The van der Waals surface area contributed by atoms with E-state index in [1.807, 2.05) is 37.3 Å². The molecule has 25 heavy (non-hydrogen) atoms. The van der Waals surface area contributed by atoms with Crippen molar-refractivity contribution in [3.63, 3.8) is 0 Å². The van der Waals surface area contributed by atoms with Gasteiger partial charge in [-0.15, -0.1) is 0 Å². The average molecular weight is 336 g/mol. The minimum Gasteiger partial charge on any atom is -0.422 e. The van der Waals surface area contributed by atoms with E-state index in [9.17, 15) is 14.0 Å². The molecule has 0 aliphatic heterocycles. The van der Waals surface area contributed by atoms with Gasteiger partial charge in [-0.2, -0.15) is 0 Å². The molecule has 0 spiro atoms. The van der Waals surface area contributed by atoms with Crippen LogP contribution in [0.4, 0.5) is 4.39 Å². The molecular formula is C21H17FO3. The molecule has 4 heteroatoms. The summed E-state index contributed by atoms with van der Waals surface area (Å²) in [6.07, 6.45) is 1.36. The van der Waals surface area contributed by atoms with Crippen molar-refractivity contribution in [1.82, 2.24) is 0 Å². The molecule has 1 aromatic heterocycles. The van der Waals surface area contributed by atoms with Crippen LogP contribution in [0.1, 0.15) is 34.8 Å². The molecule has 0 amide bonds. The van der Waals surface area contributed by atoms with Crippen molar-refractivity contribution in [3.8, 4) is 11.3 Å². The first-order valence-corrected chi connectivity index (χ1v) is 8.13. The second kappa shape index (κ2) is 7.26. The summed E-state index contributed by atoms with van der Waals surface area (Å²) in [7, 11) is 0. The van der Waals surface area contributed by atoms with E-state index in [0.29, 0.717) is 17.7 Å². The number of benzene rings is 2. The molecule has 3 aromatic rings. The Morgan fingerprint density at radius 2 is 1.72 bits per heavy atom. The Kier molecular flexibility index (Phi) is 4.89. The molecule has 3 nitrogen and oxygen atoms in total. The summed E-state index contributed by atoms with van der Waals surface area (Å²) in [6, 6.07) is 16.2. The fraction of sp³-hybridized carbons (Fsp3) is 0.143. The average Bonchev–Trinajstić information content (AvgIpc) is 2.62. The van der Waals surface area contributed by atoms with Crippen LogP contribution in [0.25, 0.3) is 11.3 Å². The zero-order valence-electron chi connectivity index (χ0n) is 13.8. The molecule has 2 aromatic carbocycles. The SMILES string of the molecule is CCCc1cc(-c2ccccc2)oc(=O)c1C(=O)c1ccc(F)cc1. The van der Waals surface area contributed by atoms with Crippen molar-refractivity contribution < 1.29 is 13.6 Å². The van der Waals surface area contributed by atoms with Gasteiger partial charge in [0.25, 0.3) is 0 Å². The Morgan fingerprint density at radius 3 is 2.36 bits per heavy atom. The van der Waals surface area contributed by atoms with Gasteiger partial charge in [0, 0.05) is 11.1 Å². The Balaban J connectivity index is 2.11. The topological polar surface area (TPSA) is 47.3 Å². The quantitative estimate of drug-likeness (QED) is 0.638. The van der Waals surface area contributed by atoms with Crippen molar-refractivity contribution in [2.24, 2.45) is 0 Å². The summed E-state index contributed by atoms with van der Waals surface area (Å²) in [5, 5.41) is 0. The molecule has 0 aliphatic carbocycles. The zero-order chi connectivity index (χ0) is 17.8. The minimum absolute atomic E-state index is 0.0214. The maximum atomic E-state index is 13.1. The summed E-state index contributed by atoms with van der Waals surface area (Å²) in [5.74, 6) is -0.446. The van der Waals surface area contributed by atoms with E-state index in [0.717, 1.165) is 12.0 Å². The highest BCUT2D eigenvalue weighted by atomic mass is 19.1. The van der Waals surface area contributed by atoms with Crippen LogP contribution in [0.5, 0.6) is 0 Å². The summed E-state index contributed by atoms with van der Waals surface area (Å²) in [4.78, 5) is 25.3. The van der Waals surface area contributed by atoms with Crippen molar-refractivity contribution in [2.45, 2.75) is 19.8 Å². The van der Waals surface area contributed by atoms with Gasteiger partial charge in [-0.1, -0.05) is 43.7 Å². The number of halogens is 1. The van der Waals surface area contributed by atoms with Crippen molar-refractivity contribution >= 4 is 5.78 Å². The molecule has 0 aliphatic rings. The smallest absolute Gasteiger partial charge is 0.347 e. The molecule has 0 unspecified atom stereocenters. The predicted octanol–water partition coefficient (Wildman–Crippen LogP) is 4.63. The summed E-state index contributed by atoms with van der Waals surface area (Å²) >= 11 is 0. The van der Waals surface area contributed by atoms with Crippen LogP contribution in [-0.4, -0.2) is 5.78 Å². The Morgan fingerprint density at radius 1 is 1.04 bits per heavy atom. The molecule has 0 N–H and O–H groups in total. The first-order chi connectivity index (χ1) is 12.1. The lowest BCUT2D eigenvalue weighted by Gasteiger charge is -2.09. The minimum atomic E-state index is -0.667. The lowest BCUT2D eigenvalue weighted by Crippen LogP contribution is -2.18. The molecule has 0 radical (unpaired) electrons. The first kappa shape index (κ1) is 16.8. The van der Waals surface area contributed by atoms with E-state index >= 15 is 0 Å². The van der Waals surface area contributed by atoms with Crippen LogP contribution in [0.15, 0.2) is 69.9 Å². The molecule has 0 fully saturated rings. The van der Waals surface area contributed by atoms with E-state index in [1.165, 1.54) is 24.3 Å². The van der Waals surface area contributed by atoms with Crippen molar-refractivity contribution in [2.75, 3.05) is 0 Å². The molecule has 0 atom stereocenters. The third-order valence-electron chi connectivity index (χ3n) is 3.94. The molecule has 0 saturated heterocycles. The third-order valence-corrected chi connectivity index (χ3v) is 3.94. The highest BCUT2D eigenvalue weighted by Crippen LogP contribution is 2.22. The number of hydrogen-bond acceptors (Lipinski definition) is 3. The highest BCUT2D eigenvalue weighted by molar-refractivity contribution is 6.09. The molecule has 126 valence electrons. The van der Waals surface area contributed by atoms with Gasteiger partial charge in [0.05, 0.1) is 0 Å². The van der Waals surface area contributed by atoms with Gasteiger partial charge >= 0.3 is 5.63 Å². The van der Waals surface area contributed by atoms with E-state index in [1.54, 1.807) is 6.07 Å². The van der Waals surface area contributed by atoms with Gasteiger partial charge in [0.1, 0.15) is 17.1 Å². The van der Waals surface area contributed by atoms with Crippen LogP contribution in [0.2, 0.25) is 0 Å². The van der Waals surface area contributed by atoms with Crippen molar-refractivity contribution in [1.29, 1.82) is 0 Å². The van der Waals surface area contributed by atoms with Crippen LogP contribution in [0, 0.1) is 5.82 Å². The van der Waals surface area contributed by atoms with Crippen LogP contribution < -0.4 is 5.63 Å². The predicted molar refractivity (Wildman–Crippen MR) is 94.2 cm³/mol. The fourth-order valence-electron chi connectivity index (χ4n) is 2.74. The van der Waals surface area contributed by atoms with Crippen LogP contribution in [0.3, 0.4) is 0 Å². The van der Waals surface area contributed by atoms with Gasteiger partial charge in [-0.25, -0.2) is 9.18 Å². The maximum Gasteiger partial charge on any atom is 0.347 e. The third kappa shape index (κ3) is 3.58. The lowest BCUT2D eigenvalue weighted by atomic mass is 9.96. The Hall–Kier alpha value is -3.01. The zero-order valence-corrected chi connectivity index (χ0v) is 13.8. The Labute approximate surface area is 144 Å². The molecule has 0 bridgehead atoms. The van der Waals surface area contributed by atoms with Gasteiger partial charge < -0.3 is 4.42 Å². The van der Waals surface area contributed by atoms with Gasteiger partial charge in [0.15, 0.2) is 0 Å². The number of ketones is 1. The van der Waals surface area contributed by atoms with Crippen molar-refractivity contribution in [3.05, 3.63) is 93.6 Å². The Bertz CT molecular complexity index is 941. The van der Waals surface area contributed by atoms with E-state index < -0.39 is 17.2 Å². The number of carbonyl (C=O) groups excluding carboxylic acids is 1. The van der Waals surface area contributed by atoms with E-state index in [2.05, 4.69) is 0 Å². The number of hydrogen-bond donors (Lipinski definition) is 0. The largest absolute Gasteiger partial charge is 0.422 e. The first-order valence-electron chi connectivity index (χ1n) is 8.13. The fourth-order valence-corrected chi connectivity index (χ4v) is 2.74. The standard InChI is InChI=1S/C21H17FO3/c1-2-6-16-13-18(14-7-4-3-5-8-14)25-21(24)19(16)20(23)15-9-11-17(22)12-10-15/h3-5,7-13H,2,6H2,1H3. The monoisotopic (exact) mass is 336 g/mol. The lowest BCUT2D eigenvalue weighted by molar-refractivity contribution is 0.103. The normalized spacial score (nSPS) is 10.6. The highest BCUT2D eigenvalue weighted by Gasteiger charge is 2.20. The molecular weight excluding hydrogens is 319 g/mol. The second-order valence-corrected chi connectivity index (χ2v) is 5.75. The van der Waals surface area contributed by atoms with Gasteiger partial charge in [0.2, 0.25) is 5.78 Å². The van der Waals surface area contributed by atoms with Gasteiger partial charge in [-0.05, 0) is 42.3 Å².